The fraction of sp³-hybridized carbons (Fsp3) is 0.414. The van der Waals surface area contributed by atoms with Crippen molar-refractivity contribution >= 4 is 5.91 Å². The Bertz CT molecular complexity index is 1220. The van der Waals surface area contributed by atoms with Crippen LogP contribution in [0.2, 0.25) is 0 Å². The smallest absolute Gasteiger partial charge is 0.270 e. The molecule has 6 nitrogen and oxygen atoms in total. The average Bonchev–Trinajstić information content (AvgIpc) is 3.34. The van der Waals surface area contributed by atoms with Crippen LogP contribution in [0, 0.1) is 24.1 Å². The summed E-state index contributed by atoms with van der Waals surface area (Å²) in [6.07, 6.45) is 8.72. The van der Waals surface area contributed by atoms with E-state index in [1.54, 1.807) is 12.1 Å². The predicted octanol–water partition coefficient (Wildman–Crippen LogP) is 5.92. The Morgan fingerprint density at radius 2 is 2.03 bits per heavy atom. The Balaban J connectivity index is 1.51. The molecule has 0 bridgehead atoms. The van der Waals surface area contributed by atoms with Crippen molar-refractivity contribution in [2.45, 2.75) is 65.3 Å². The lowest BCUT2D eigenvalue weighted by atomic mass is 9.70. The van der Waals surface area contributed by atoms with E-state index in [1.165, 1.54) is 36.0 Å². The second kappa shape index (κ2) is 10.6. The SMILES string of the molecule is C=C1CC[C@H](CC(CCC)NC(=O)c2ccc(O)cn2)[C@@]1(C)Cc1cnn(-c2ccc(F)cc2)c1C. The van der Waals surface area contributed by atoms with Crippen molar-refractivity contribution in [2.75, 3.05) is 0 Å². The van der Waals surface area contributed by atoms with Crippen LogP contribution in [0.1, 0.15) is 67.7 Å². The van der Waals surface area contributed by atoms with Gasteiger partial charge in [0.1, 0.15) is 17.3 Å². The van der Waals surface area contributed by atoms with E-state index >= 15 is 0 Å². The second-order valence-corrected chi connectivity index (χ2v) is 10.2. The molecule has 1 saturated carbocycles. The maximum Gasteiger partial charge on any atom is 0.270 e. The Labute approximate surface area is 212 Å². The summed E-state index contributed by atoms with van der Waals surface area (Å²) in [5, 5.41) is 17.2. The number of carbonyl (C=O) groups is 1. The van der Waals surface area contributed by atoms with Gasteiger partial charge in [-0.25, -0.2) is 14.1 Å². The van der Waals surface area contributed by atoms with Gasteiger partial charge in [0.05, 0.1) is 18.1 Å². The van der Waals surface area contributed by atoms with Crippen LogP contribution in [0.5, 0.6) is 5.75 Å². The van der Waals surface area contributed by atoms with Gasteiger partial charge in [-0.2, -0.15) is 5.10 Å². The van der Waals surface area contributed by atoms with Crippen molar-refractivity contribution in [1.29, 1.82) is 0 Å². The summed E-state index contributed by atoms with van der Waals surface area (Å²) in [7, 11) is 0. The summed E-state index contributed by atoms with van der Waals surface area (Å²) >= 11 is 0. The van der Waals surface area contributed by atoms with Crippen LogP contribution in [0.3, 0.4) is 0 Å². The molecule has 1 fully saturated rings. The van der Waals surface area contributed by atoms with E-state index in [4.69, 9.17) is 0 Å². The standard InChI is InChI=1S/C29H35FN4O2/c1-5-6-24(33-28(36)27-14-13-26(35)18-31-27)15-22-8-7-19(2)29(22,4)16-21-17-32-34(20(21)3)25-11-9-23(30)10-12-25/h9-14,17-18,22,24,35H,2,5-8,15-16H2,1,3-4H3,(H,33,36)/t22-,24?,29+/m1/s1. The lowest BCUT2D eigenvalue weighted by Gasteiger charge is -2.35. The third kappa shape index (κ3) is 5.35. The monoisotopic (exact) mass is 490 g/mol. The van der Waals surface area contributed by atoms with E-state index in [0.717, 1.165) is 55.5 Å². The highest BCUT2D eigenvalue weighted by Crippen LogP contribution is 2.51. The number of aromatic nitrogens is 3. The Morgan fingerprint density at radius 3 is 2.69 bits per heavy atom. The van der Waals surface area contributed by atoms with Crippen LogP contribution < -0.4 is 5.32 Å². The fourth-order valence-corrected chi connectivity index (χ4v) is 5.46. The highest BCUT2D eigenvalue weighted by molar-refractivity contribution is 5.92. The Kier molecular flexibility index (Phi) is 7.57. The van der Waals surface area contributed by atoms with Crippen LogP contribution >= 0.6 is 0 Å². The third-order valence-electron chi connectivity index (χ3n) is 7.77. The minimum Gasteiger partial charge on any atom is -0.506 e. The van der Waals surface area contributed by atoms with Gasteiger partial charge in [0.15, 0.2) is 0 Å². The van der Waals surface area contributed by atoms with E-state index in [1.807, 2.05) is 17.8 Å². The molecule has 190 valence electrons. The number of aromatic hydroxyl groups is 1. The molecule has 1 unspecified atom stereocenters. The number of rotatable bonds is 9. The molecule has 0 saturated heterocycles. The molecule has 0 spiro atoms. The van der Waals surface area contributed by atoms with Crippen LogP contribution in [-0.2, 0) is 6.42 Å². The number of hydrogen-bond donors (Lipinski definition) is 2. The first-order chi connectivity index (χ1) is 17.2. The number of hydrogen-bond acceptors (Lipinski definition) is 4. The van der Waals surface area contributed by atoms with Crippen molar-refractivity contribution in [3.05, 3.63) is 83.7 Å². The van der Waals surface area contributed by atoms with Gasteiger partial charge >= 0.3 is 0 Å². The van der Waals surface area contributed by atoms with Crippen molar-refractivity contribution in [3.63, 3.8) is 0 Å². The van der Waals surface area contributed by atoms with Crippen molar-refractivity contribution in [1.82, 2.24) is 20.1 Å². The number of allylic oxidation sites excluding steroid dienone is 1. The van der Waals surface area contributed by atoms with Crippen LogP contribution in [-0.4, -0.2) is 31.8 Å². The molecule has 2 N–H and O–H groups in total. The van der Waals surface area contributed by atoms with Crippen LogP contribution in [0.25, 0.3) is 5.69 Å². The number of halogens is 1. The van der Waals surface area contributed by atoms with E-state index in [0.29, 0.717) is 11.6 Å². The van der Waals surface area contributed by atoms with Gasteiger partial charge in [-0.05, 0) is 92.3 Å². The van der Waals surface area contributed by atoms with Gasteiger partial charge in [-0.1, -0.05) is 32.4 Å². The number of nitrogens with zero attached hydrogens (tertiary/aromatic N) is 3. The molecular formula is C29H35FN4O2. The molecule has 0 aliphatic heterocycles. The molecule has 1 aromatic carbocycles. The summed E-state index contributed by atoms with van der Waals surface area (Å²) in [6, 6.07) is 9.40. The number of carbonyl (C=O) groups excluding carboxylic acids is 1. The molecule has 2 aromatic heterocycles. The summed E-state index contributed by atoms with van der Waals surface area (Å²) < 4.78 is 15.2. The van der Waals surface area contributed by atoms with Crippen molar-refractivity contribution in [3.8, 4) is 11.4 Å². The fourth-order valence-electron chi connectivity index (χ4n) is 5.46. The van der Waals surface area contributed by atoms with Gasteiger partial charge in [0, 0.05) is 11.7 Å². The first kappa shape index (κ1) is 25.6. The lowest BCUT2D eigenvalue weighted by molar-refractivity contribution is 0.0916. The zero-order valence-electron chi connectivity index (χ0n) is 21.3. The number of pyridine rings is 1. The first-order valence-corrected chi connectivity index (χ1v) is 12.6. The Hall–Kier alpha value is -3.48. The molecule has 0 radical (unpaired) electrons. The minimum absolute atomic E-state index is 0.0244. The van der Waals surface area contributed by atoms with Gasteiger partial charge in [-0.15, -0.1) is 0 Å². The summed E-state index contributed by atoms with van der Waals surface area (Å²) in [6.45, 7) is 10.9. The van der Waals surface area contributed by atoms with E-state index in [2.05, 4.69) is 35.8 Å². The molecule has 1 aliphatic rings. The van der Waals surface area contributed by atoms with Crippen LogP contribution in [0.4, 0.5) is 4.39 Å². The highest BCUT2D eigenvalue weighted by Gasteiger charge is 2.43. The summed E-state index contributed by atoms with van der Waals surface area (Å²) in [4.78, 5) is 16.9. The molecular weight excluding hydrogens is 455 g/mol. The predicted molar refractivity (Wildman–Crippen MR) is 139 cm³/mol. The quantitative estimate of drug-likeness (QED) is 0.365. The molecule has 36 heavy (non-hydrogen) atoms. The number of benzene rings is 1. The number of amides is 1. The van der Waals surface area contributed by atoms with Gasteiger partial charge in [0.2, 0.25) is 0 Å². The molecule has 1 amide bonds. The minimum atomic E-state index is -0.267. The zero-order chi connectivity index (χ0) is 25.9. The van der Waals surface area contributed by atoms with Crippen molar-refractivity contribution in [2.24, 2.45) is 11.3 Å². The topological polar surface area (TPSA) is 80.0 Å². The van der Waals surface area contributed by atoms with E-state index in [9.17, 15) is 14.3 Å². The van der Waals surface area contributed by atoms with Crippen molar-refractivity contribution < 1.29 is 14.3 Å². The molecule has 2 heterocycles. The van der Waals surface area contributed by atoms with Gasteiger partial charge < -0.3 is 10.4 Å². The molecule has 3 atom stereocenters. The van der Waals surface area contributed by atoms with E-state index in [-0.39, 0.29) is 28.9 Å². The van der Waals surface area contributed by atoms with Crippen LogP contribution in [0.15, 0.2) is 60.9 Å². The lowest BCUT2D eigenvalue weighted by Crippen LogP contribution is -2.39. The maximum atomic E-state index is 13.4. The molecule has 7 heteroatoms. The highest BCUT2D eigenvalue weighted by atomic mass is 19.1. The molecule has 3 aromatic rings. The van der Waals surface area contributed by atoms with E-state index < -0.39 is 0 Å². The first-order valence-electron chi connectivity index (χ1n) is 12.6. The maximum absolute atomic E-state index is 13.4. The summed E-state index contributed by atoms with van der Waals surface area (Å²) in [5.74, 6) is -0.0853. The Morgan fingerprint density at radius 1 is 1.28 bits per heavy atom. The van der Waals surface area contributed by atoms with Gasteiger partial charge in [-0.3, -0.25) is 4.79 Å². The molecule has 4 rings (SSSR count). The molecule has 1 aliphatic carbocycles. The number of nitrogens with one attached hydrogen (secondary N) is 1. The largest absolute Gasteiger partial charge is 0.506 e. The normalized spacial score (nSPS) is 20.4. The average molecular weight is 491 g/mol. The second-order valence-electron chi connectivity index (χ2n) is 10.2. The zero-order valence-corrected chi connectivity index (χ0v) is 21.3. The third-order valence-corrected chi connectivity index (χ3v) is 7.77. The van der Waals surface area contributed by atoms with Gasteiger partial charge in [0.25, 0.3) is 5.91 Å². The summed E-state index contributed by atoms with van der Waals surface area (Å²) in [5.41, 5.74) is 4.45.